The second kappa shape index (κ2) is 3.95. The summed E-state index contributed by atoms with van der Waals surface area (Å²) < 4.78 is 0. The average Bonchev–Trinajstić information content (AvgIpc) is 2.06. The molecule has 1 heterocycles. The Labute approximate surface area is 70.4 Å². The highest BCUT2D eigenvalue weighted by molar-refractivity contribution is 6.17. The number of rotatable bonds is 2. The lowest BCUT2D eigenvalue weighted by Gasteiger charge is -1.99. The fraction of sp³-hybridized carbons (Fsp3) is 0.250. The van der Waals surface area contributed by atoms with Crippen LogP contribution in [0.5, 0.6) is 0 Å². The molecule has 1 aromatic heterocycles. The van der Waals surface area contributed by atoms with Crippen LogP contribution in [0.4, 0.5) is 0 Å². The summed E-state index contributed by atoms with van der Waals surface area (Å²) in [6.45, 7) is 0. The summed E-state index contributed by atoms with van der Waals surface area (Å²) >= 11 is 5.63. The molecule has 0 aliphatic heterocycles. The maximum atomic E-state index is 8.42. The van der Waals surface area contributed by atoms with E-state index in [9.17, 15) is 0 Å². The van der Waals surface area contributed by atoms with Crippen molar-refractivity contribution in [3.63, 3.8) is 0 Å². The van der Waals surface area contributed by atoms with E-state index in [-0.39, 0.29) is 0 Å². The summed E-state index contributed by atoms with van der Waals surface area (Å²) in [6, 6.07) is 3.89. The molecule has 0 N–H and O–H groups in total. The van der Waals surface area contributed by atoms with Gasteiger partial charge in [-0.2, -0.15) is 5.26 Å². The summed E-state index contributed by atoms with van der Waals surface area (Å²) in [7, 11) is 0. The van der Waals surface area contributed by atoms with Crippen molar-refractivity contribution >= 4 is 11.6 Å². The first-order valence-corrected chi connectivity index (χ1v) is 3.76. The lowest BCUT2D eigenvalue weighted by atomic mass is 10.1. The monoisotopic (exact) mass is 166 g/mol. The van der Waals surface area contributed by atoms with Gasteiger partial charge < -0.3 is 0 Å². The van der Waals surface area contributed by atoms with E-state index in [2.05, 4.69) is 11.1 Å². The highest BCUT2D eigenvalue weighted by Gasteiger charge is 1.98. The van der Waals surface area contributed by atoms with Gasteiger partial charge in [0.05, 0.1) is 12.5 Å². The molecule has 0 bridgehead atoms. The Kier molecular flexibility index (Phi) is 2.88. The quantitative estimate of drug-likeness (QED) is 0.630. The molecule has 11 heavy (non-hydrogen) atoms. The second-order valence-corrected chi connectivity index (χ2v) is 2.38. The smallest absolute Gasteiger partial charge is 0.0670 e. The van der Waals surface area contributed by atoms with Gasteiger partial charge in [0.25, 0.3) is 0 Å². The molecule has 0 fully saturated rings. The minimum atomic E-state index is 0.385. The van der Waals surface area contributed by atoms with E-state index in [4.69, 9.17) is 16.9 Å². The fourth-order valence-electron chi connectivity index (χ4n) is 0.831. The predicted octanol–water partition coefficient (Wildman–Crippen LogP) is 1.89. The van der Waals surface area contributed by atoms with Crippen LogP contribution in [0.25, 0.3) is 0 Å². The van der Waals surface area contributed by atoms with Crippen molar-refractivity contribution in [2.45, 2.75) is 12.3 Å². The van der Waals surface area contributed by atoms with E-state index in [1.54, 1.807) is 12.4 Å². The zero-order valence-corrected chi connectivity index (χ0v) is 6.67. The molecule has 2 nitrogen and oxygen atoms in total. The topological polar surface area (TPSA) is 36.7 Å². The van der Waals surface area contributed by atoms with Crippen molar-refractivity contribution in [2.24, 2.45) is 0 Å². The number of alkyl halides is 1. The predicted molar refractivity (Wildman–Crippen MR) is 43.1 cm³/mol. The Morgan fingerprint density at radius 2 is 2.36 bits per heavy atom. The van der Waals surface area contributed by atoms with Crippen LogP contribution in [0.3, 0.4) is 0 Å². The van der Waals surface area contributed by atoms with E-state index in [0.29, 0.717) is 12.3 Å². The normalized spacial score (nSPS) is 9.09. The Morgan fingerprint density at radius 1 is 1.55 bits per heavy atom. The Bertz CT molecular complexity index is 278. The molecule has 0 saturated heterocycles. The van der Waals surface area contributed by atoms with Crippen LogP contribution in [-0.4, -0.2) is 4.98 Å². The van der Waals surface area contributed by atoms with E-state index in [1.807, 2.05) is 6.07 Å². The SMILES string of the molecule is N#CCc1cnccc1CCl. The summed E-state index contributed by atoms with van der Waals surface area (Å²) in [5, 5.41) is 8.42. The van der Waals surface area contributed by atoms with Crippen LogP contribution in [0.1, 0.15) is 11.1 Å². The molecule has 0 unspecified atom stereocenters. The van der Waals surface area contributed by atoms with E-state index in [0.717, 1.165) is 11.1 Å². The number of pyridine rings is 1. The van der Waals surface area contributed by atoms with Gasteiger partial charge in [0.15, 0.2) is 0 Å². The molecule has 56 valence electrons. The number of aromatic nitrogens is 1. The Hall–Kier alpha value is -1.07. The Morgan fingerprint density at radius 3 is 3.00 bits per heavy atom. The molecule has 0 aliphatic rings. The van der Waals surface area contributed by atoms with E-state index < -0.39 is 0 Å². The number of hydrogen-bond acceptors (Lipinski definition) is 2. The molecule has 0 amide bonds. The molecular weight excluding hydrogens is 160 g/mol. The summed E-state index contributed by atoms with van der Waals surface area (Å²) in [4.78, 5) is 3.90. The molecule has 0 radical (unpaired) electrons. The van der Waals surface area contributed by atoms with Crippen LogP contribution in [0.2, 0.25) is 0 Å². The second-order valence-electron chi connectivity index (χ2n) is 2.11. The molecule has 3 heteroatoms. The van der Waals surface area contributed by atoms with Crippen LogP contribution >= 0.6 is 11.6 Å². The summed E-state index contributed by atoms with van der Waals surface area (Å²) in [5.41, 5.74) is 1.91. The fourth-order valence-corrected chi connectivity index (χ4v) is 1.09. The van der Waals surface area contributed by atoms with Gasteiger partial charge in [-0.15, -0.1) is 11.6 Å². The zero-order valence-electron chi connectivity index (χ0n) is 5.92. The van der Waals surface area contributed by atoms with Crippen molar-refractivity contribution in [1.29, 1.82) is 5.26 Å². The van der Waals surface area contributed by atoms with Gasteiger partial charge in [0.2, 0.25) is 0 Å². The first-order chi connectivity index (χ1) is 5.38. The largest absolute Gasteiger partial charge is 0.264 e. The highest BCUT2D eigenvalue weighted by Crippen LogP contribution is 2.09. The maximum Gasteiger partial charge on any atom is 0.0670 e. The van der Waals surface area contributed by atoms with Crippen LogP contribution in [0.15, 0.2) is 18.5 Å². The van der Waals surface area contributed by atoms with Gasteiger partial charge in [-0.05, 0) is 17.2 Å². The molecule has 0 atom stereocenters. The van der Waals surface area contributed by atoms with Crippen LogP contribution in [0, 0.1) is 11.3 Å². The molecule has 1 aromatic rings. The van der Waals surface area contributed by atoms with Crippen molar-refractivity contribution in [1.82, 2.24) is 4.98 Å². The number of hydrogen-bond donors (Lipinski definition) is 0. The number of halogens is 1. The number of nitrogens with zero attached hydrogens (tertiary/aromatic N) is 2. The van der Waals surface area contributed by atoms with Crippen molar-refractivity contribution in [3.05, 3.63) is 29.6 Å². The van der Waals surface area contributed by atoms with Gasteiger partial charge in [-0.25, -0.2) is 0 Å². The minimum absolute atomic E-state index is 0.385. The lowest BCUT2D eigenvalue weighted by Crippen LogP contribution is -1.90. The average molecular weight is 167 g/mol. The first-order valence-electron chi connectivity index (χ1n) is 3.23. The highest BCUT2D eigenvalue weighted by atomic mass is 35.5. The van der Waals surface area contributed by atoms with Crippen molar-refractivity contribution < 1.29 is 0 Å². The molecule has 0 aliphatic carbocycles. The van der Waals surface area contributed by atoms with Gasteiger partial charge in [0.1, 0.15) is 0 Å². The molecular formula is C8H7ClN2. The van der Waals surface area contributed by atoms with Crippen LogP contribution in [-0.2, 0) is 12.3 Å². The van der Waals surface area contributed by atoms with E-state index in [1.165, 1.54) is 0 Å². The van der Waals surface area contributed by atoms with E-state index >= 15 is 0 Å². The minimum Gasteiger partial charge on any atom is -0.264 e. The summed E-state index contributed by atoms with van der Waals surface area (Å²) in [6.07, 6.45) is 3.75. The standard InChI is InChI=1S/C8H7ClN2/c9-5-7-2-4-11-6-8(7)1-3-10/h2,4,6H,1,5H2. The molecule has 0 saturated carbocycles. The summed E-state index contributed by atoms with van der Waals surface area (Å²) in [5.74, 6) is 0.444. The lowest BCUT2D eigenvalue weighted by molar-refractivity contribution is 1.14. The first kappa shape index (κ1) is 8.03. The number of nitriles is 1. The van der Waals surface area contributed by atoms with Gasteiger partial charge in [-0.3, -0.25) is 4.98 Å². The van der Waals surface area contributed by atoms with Crippen molar-refractivity contribution in [3.8, 4) is 6.07 Å². The van der Waals surface area contributed by atoms with Gasteiger partial charge >= 0.3 is 0 Å². The van der Waals surface area contributed by atoms with Crippen LogP contribution < -0.4 is 0 Å². The maximum absolute atomic E-state index is 8.42. The molecule has 0 spiro atoms. The molecule has 1 rings (SSSR count). The third-order valence-electron chi connectivity index (χ3n) is 1.42. The van der Waals surface area contributed by atoms with Gasteiger partial charge in [-0.1, -0.05) is 0 Å². The zero-order chi connectivity index (χ0) is 8.10. The van der Waals surface area contributed by atoms with Crippen molar-refractivity contribution in [2.75, 3.05) is 0 Å². The van der Waals surface area contributed by atoms with Gasteiger partial charge in [0, 0.05) is 18.3 Å². The Balaban J connectivity index is 2.94. The third-order valence-corrected chi connectivity index (χ3v) is 1.71. The third kappa shape index (κ3) is 1.92. The molecule has 0 aromatic carbocycles.